The zero-order chi connectivity index (χ0) is 19.1. The highest BCUT2D eigenvalue weighted by Crippen LogP contribution is 2.31. The molecule has 5 heteroatoms. The van der Waals surface area contributed by atoms with Gasteiger partial charge in [-0.3, -0.25) is 4.90 Å². The first-order valence-corrected chi connectivity index (χ1v) is 10.5. The van der Waals surface area contributed by atoms with Gasteiger partial charge in [0, 0.05) is 36.8 Å². The minimum absolute atomic E-state index is 0.0980. The molecule has 0 aromatic heterocycles. The number of rotatable bonds is 11. The van der Waals surface area contributed by atoms with E-state index in [4.69, 9.17) is 5.73 Å². The molecule has 0 saturated carbocycles. The Labute approximate surface area is 157 Å². The monoisotopic (exact) mass is 355 g/mol. The second-order valence-corrected chi connectivity index (χ2v) is 9.06. The van der Waals surface area contributed by atoms with Gasteiger partial charge in [-0.05, 0) is 53.4 Å². The second-order valence-electron chi connectivity index (χ2n) is 9.06. The number of hydrogen-bond acceptors (Lipinski definition) is 5. The third-order valence-corrected chi connectivity index (χ3v) is 5.24. The zero-order valence-corrected chi connectivity index (χ0v) is 18.0. The molecule has 0 aromatic carbocycles. The fraction of sp³-hybridized carbons (Fsp3) is 1.00. The van der Waals surface area contributed by atoms with Crippen LogP contribution in [-0.2, 0) is 0 Å². The van der Waals surface area contributed by atoms with Crippen LogP contribution in [0.1, 0.15) is 87.0 Å². The first kappa shape index (κ1) is 22.8. The Balaban J connectivity index is 2.73. The number of hydrogen-bond donors (Lipinski definition) is 3. The molecule has 1 aliphatic rings. The minimum atomic E-state index is -0.0980. The van der Waals surface area contributed by atoms with Crippen molar-refractivity contribution < 1.29 is 0 Å². The van der Waals surface area contributed by atoms with Crippen molar-refractivity contribution in [1.82, 2.24) is 20.7 Å². The third-order valence-electron chi connectivity index (χ3n) is 5.24. The minimum Gasteiger partial charge on any atom is -0.307 e. The van der Waals surface area contributed by atoms with Crippen LogP contribution in [0.4, 0.5) is 0 Å². The van der Waals surface area contributed by atoms with Crippen LogP contribution >= 0.6 is 0 Å². The first-order chi connectivity index (χ1) is 11.6. The van der Waals surface area contributed by atoms with Gasteiger partial charge in [-0.2, -0.15) is 0 Å². The van der Waals surface area contributed by atoms with Crippen LogP contribution in [0.3, 0.4) is 0 Å². The molecule has 1 atom stereocenters. The Morgan fingerprint density at radius 2 is 1.48 bits per heavy atom. The van der Waals surface area contributed by atoms with E-state index in [2.05, 4.69) is 69.1 Å². The van der Waals surface area contributed by atoms with Crippen molar-refractivity contribution in [3.05, 3.63) is 0 Å². The highest BCUT2D eigenvalue weighted by Gasteiger charge is 2.40. The summed E-state index contributed by atoms with van der Waals surface area (Å²) in [6.45, 7) is 19.1. The summed E-state index contributed by atoms with van der Waals surface area (Å²) >= 11 is 0. The fourth-order valence-corrected chi connectivity index (χ4v) is 4.31. The van der Waals surface area contributed by atoms with E-state index in [0.29, 0.717) is 6.04 Å². The summed E-state index contributed by atoms with van der Waals surface area (Å²) in [5, 5.41) is 6.17. The van der Waals surface area contributed by atoms with Crippen LogP contribution in [0.15, 0.2) is 0 Å². The van der Waals surface area contributed by atoms with Gasteiger partial charge in [0.05, 0.1) is 0 Å². The Kier molecular flexibility index (Phi) is 9.33. The van der Waals surface area contributed by atoms with Crippen molar-refractivity contribution in [2.24, 2.45) is 5.73 Å². The molecule has 0 radical (unpaired) electrons. The maximum Gasteiger partial charge on any atom is 0.124 e. The molecule has 1 aliphatic heterocycles. The Bertz CT molecular complexity index is 345. The standard InChI is InChI=1S/C20H45N5/c1-8-11-13-24(14-12-9-2)18(21)22-25(10-3)17-15-19(4,5)23-20(6,7)16-17/h17-18,22-23H,8-16,21H2,1-7H3. The quantitative estimate of drug-likeness (QED) is 0.392. The van der Waals surface area contributed by atoms with Gasteiger partial charge in [-0.15, -0.1) is 0 Å². The summed E-state index contributed by atoms with van der Waals surface area (Å²) in [4.78, 5) is 2.41. The average Bonchev–Trinajstić information content (AvgIpc) is 2.49. The highest BCUT2D eigenvalue weighted by molar-refractivity contribution is 4.99. The zero-order valence-electron chi connectivity index (χ0n) is 18.0. The molecule has 4 N–H and O–H groups in total. The maximum atomic E-state index is 6.58. The Hall–Kier alpha value is -0.200. The lowest BCUT2D eigenvalue weighted by molar-refractivity contribution is -0.00471. The Morgan fingerprint density at radius 1 is 1.00 bits per heavy atom. The summed E-state index contributed by atoms with van der Waals surface area (Å²) in [5.74, 6) is 0. The van der Waals surface area contributed by atoms with Gasteiger partial charge in [0.25, 0.3) is 0 Å². The van der Waals surface area contributed by atoms with E-state index in [1.165, 1.54) is 25.7 Å². The van der Waals surface area contributed by atoms with E-state index < -0.39 is 0 Å². The van der Waals surface area contributed by atoms with E-state index in [1.807, 2.05) is 0 Å². The number of hydrazine groups is 1. The SMILES string of the molecule is CCCCN(CCCC)C(N)NN(CC)C1CC(C)(C)NC(C)(C)C1. The van der Waals surface area contributed by atoms with Gasteiger partial charge < -0.3 is 11.1 Å². The molecule has 5 nitrogen and oxygen atoms in total. The maximum absolute atomic E-state index is 6.58. The van der Waals surface area contributed by atoms with E-state index in [9.17, 15) is 0 Å². The lowest BCUT2D eigenvalue weighted by atomic mass is 9.79. The number of nitrogens with two attached hydrogens (primary N) is 1. The summed E-state index contributed by atoms with van der Waals surface area (Å²) in [6, 6.07) is 0.501. The van der Waals surface area contributed by atoms with Crippen molar-refractivity contribution in [3.8, 4) is 0 Å². The lowest BCUT2D eigenvalue weighted by Gasteiger charge is -2.50. The van der Waals surface area contributed by atoms with Gasteiger partial charge >= 0.3 is 0 Å². The average molecular weight is 356 g/mol. The predicted molar refractivity (Wildman–Crippen MR) is 109 cm³/mol. The summed E-state index contributed by atoms with van der Waals surface area (Å²) in [6.07, 6.45) is 7.01. The molecule has 1 heterocycles. The molecule has 0 spiro atoms. The van der Waals surface area contributed by atoms with Gasteiger partial charge in [-0.25, -0.2) is 10.4 Å². The first-order valence-electron chi connectivity index (χ1n) is 10.5. The second kappa shape index (κ2) is 10.2. The van der Waals surface area contributed by atoms with Gasteiger partial charge in [0.15, 0.2) is 0 Å². The number of nitrogens with one attached hydrogen (secondary N) is 2. The van der Waals surface area contributed by atoms with Crippen molar-refractivity contribution in [2.75, 3.05) is 19.6 Å². The molecule has 1 rings (SSSR count). The molecule has 0 amide bonds. The van der Waals surface area contributed by atoms with Gasteiger partial charge in [0.2, 0.25) is 0 Å². The number of nitrogens with zero attached hydrogens (tertiary/aromatic N) is 2. The molecule has 1 saturated heterocycles. The smallest absolute Gasteiger partial charge is 0.124 e. The van der Waals surface area contributed by atoms with E-state index in [1.54, 1.807) is 0 Å². The van der Waals surface area contributed by atoms with Gasteiger partial charge in [-0.1, -0.05) is 33.6 Å². The number of piperidine rings is 1. The molecular formula is C20H45N5. The molecule has 0 aromatic rings. The topological polar surface area (TPSA) is 56.6 Å². The molecule has 25 heavy (non-hydrogen) atoms. The predicted octanol–water partition coefficient (Wildman–Crippen LogP) is 3.27. The Morgan fingerprint density at radius 3 is 1.88 bits per heavy atom. The molecule has 150 valence electrons. The van der Waals surface area contributed by atoms with Crippen molar-refractivity contribution >= 4 is 0 Å². The molecular weight excluding hydrogens is 310 g/mol. The van der Waals surface area contributed by atoms with E-state index in [0.717, 1.165) is 32.5 Å². The highest BCUT2D eigenvalue weighted by atomic mass is 15.6. The van der Waals surface area contributed by atoms with Crippen LogP contribution in [-0.4, -0.2) is 53.0 Å². The van der Waals surface area contributed by atoms with Gasteiger partial charge in [0.1, 0.15) is 6.29 Å². The van der Waals surface area contributed by atoms with Crippen molar-refractivity contribution in [3.63, 3.8) is 0 Å². The molecule has 1 unspecified atom stereocenters. The largest absolute Gasteiger partial charge is 0.307 e. The summed E-state index contributed by atoms with van der Waals surface area (Å²) < 4.78 is 0. The number of unbranched alkanes of at least 4 members (excludes halogenated alkanes) is 2. The van der Waals surface area contributed by atoms with Crippen molar-refractivity contribution in [2.45, 2.75) is 110 Å². The van der Waals surface area contributed by atoms with Crippen LogP contribution in [0.2, 0.25) is 0 Å². The molecule has 1 fully saturated rings. The summed E-state index contributed by atoms with van der Waals surface area (Å²) in [5.41, 5.74) is 10.5. The van der Waals surface area contributed by atoms with Crippen LogP contribution in [0.25, 0.3) is 0 Å². The van der Waals surface area contributed by atoms with Crippen LogP contribution in [0.5, 0.6) is 0 Å². The summed E-state index contributed by atoms with van der Waals surface area (Å²) in [7, 11) is 0. The van der Waals surface area contributed by atoms with Crippen LogP contribution < -0.4 is 16.5 Å². The van der Waals surface area contributed by atoms with E-state index >= 15 is 0 Å². The normalized spacial score (nSPS) is 21.8. The lowest BCUT2D eigenvalue weighted by Crippen LogP contribution is -2.66. The third kappa shape index (κ3) is 7.92. The van der Waals surface area contributed by atoms with E-state index in [-0.39, 0.29) is 17.4 Å². The van der Waals surface area contributed by atoms with Crippen LogP contribution in [0, 0.1) is 0 Å². The van der Waals surface area contributed by atoms with Crippen molar-refractivity contribution in [1.29, 1.82) is 0 Å². The molecule has 0 bridgehead atoms. The fourth-order valence-electron chi connectivity index (χ4n) is 4.31. The molecule has 0 aliphatic carbocycles.